The molecule has 88 valence electrons. The van der Waals surface area contributed by atoms with Crippen molar-refractivity contribution < 1.29 is 4.39 Å². The van der Waals surface area contributed by atoms with Crippen molar-refractivity contribution in [3.05, 3.63) is 69.0 Å². The van der Waals surface area contributed by atoms with Crippen molar-refractivity contribution in [2.45, 2.75) is 12.5 Å². The largest absolute Gasteiger partial charge is 0.324 e. The maximum Gasteiger partial charge on any atom is 0.123 e. The Bertz CT molecular complexity index is 513. The fourth-order valence-electron chi connectivity index (χ4n) is 1.80. The zero-order valence-electron chi connectivity index (χ0n) is 9.24. The third-order valence-corrected chi connectivity index (χ3v) is 3.63. The van der Waals surface area contributed by atoms with E-state index in [2.05, 4.69) is 22.6 Å². The van der Waals surface area contributed by atoms with Crippen LogP contribution in [0.1, 0.15) is 17.2 Å². The molecular weight excluding hydrogens is 328 g/mol. The molecule has 2 N–H and O–H groups in total. The van der Waals surface area contributed by atoms with Gasteiger partial charge in [0.1, 0.15) is 5.82 Å². The lowest BCUT2D eigenvalue weighted by Gasteiger charge is -2.13. The molecule has 0 aliphatic rings. The predicted molar refractivity (Wildman–Crippen MR) is 76.2 cm³/mol. The summed E-state index contributed by atoms with van der Waals surface area (Å²) >= 11 is 2.27. The van der Waals surface area contributed by atoms with Crippen molar-refractivity contribution in [1.29, 1.82) is 0 Å². The molecule has 0 saturated carbocycles. The summed E-state index contributed by atoms with van der Waals surface area (Å²) in [6.45, 7) is 0. The minimum Gasteiger partial charge on any atom is -0.324 e. The standard InChI is InChI=1S/C14H13FIN/c15-11-5-3-4-10(8-11)9-14(17)12-6-1-2-7-13(12)16/h1-8,14H,9,17H2. The Kier molecular flexibility index (Phi) is 4.12. The van der Waals surface area contributed by atoms with Gasteiger partial charge in [-0.15, -0.1) is 0 Å². The summed E-state index contributed by atoms with van der Waals surface area (Å²) in [5, 5.41) is 0. The molecule has 17 heavy (non-hydrogen) atoms. The molecule has 1 atom stereocenters. The molecule has 1 unspecified atom stereocenters. The van der Waals surface area contributed by atoms with Gasteiger partial charge >= 0.3 is 0 Å². The lowest BCUT2D eigenvalue weighted by Crippen LogP contribution is -2.14. The Morgan fingerprint density at radius 3 is 2.59 bits per heavy atom. The first-order valence-corrected chi connectivity index (χ1v) is 6.49. The van der Waals surface area contributed by atoms with Gasteiger partial charge in [0.15, 0.2) is 0 Å². The average molecular weight is 341 g/mol. The molecule has 0 amide bonds. The Hall–Kier alpha value is -0.940. The Morgan fingerprint density at radius 1 is 1.12 bits per heavy atom. The van der Waals surface area contributed by atoms with E-state index in [0.717, 1.165) is 14.7 Å². The third-order valence-electron chi connectivity index (χ3n) is 2.65. The van der Waals surface area contributed by atoms with Crippen molar-refractivity contribution in [2.75, 3.05) is 0 Å². The van der Waals surface area contributed by atoms with Gasteiger partial charge in [0.2, 0.25) is 0 Å². The Labute approximate surface area is 114 Å². The quantitative estimate of drug-likeness (QED) is 0.847. The third kappa shape index (κ3) is 3.26. The number of hydrogen-bond donors (Lipinski definition) is 1. The second-order valence-electron chi connectivity index (χ2n) is 3.96. The minimum absolute atomic E-state index is 0.0927. The number of rotatable bonds is 3. The van der Waals surface area contributed by atoms with E-state index in [1.54, 1.807) is 6.07 Å². The second-order valence-corrected chi connectivity index (χ2v) is 5.12. The lowest BCUT2D eigenvalue weighted by molar-refractivity contribution is 0.622. The van der Waals surface area contributed by atoms with E-state index in [0.29, 0.717) is 6.42 Å². The molecule has 1 nitrogen and oxygen atoms in total. The van der Waals surface area contributed by atoms with Gasteiger partial charge in [0.25, 0.3) is 0 Å². The van der Waals surface area contributed by atoms with Crippen LogP contribution < -0.4 is 5.73 Å². The van der Waals surface area contributed by atoms with E-state index < -0.39 is 0 Å². The van der Waals surface area contributed by atoms with Crippen molar-refractivity contribution in [2.24, 2.45) is 5.73 Å². The highest BCUT2D eigenvalue weighted by atomic mass is 127. The molecule has 0 spiro atoms. The van der Waals surface area contributed by atoms with Crippen LogP contribution in [0.25, 0.3) is 0 Å². The summed E-state index contributed by atoms with van der Waals surface area (Å²) in [4.78, 5) is 0. The van der Waals surface area contributed by atoms with Crippen LogP contribution in [0.2, 0.25) is 0 Å². The van der Waals surface area contributed by atoms with Crippen molar-refractivity contribution in [3.63, 3.8) is 0 Å². The van der Waals surface area contributed by atoms with Crippen LogP contribution in [0, 0.1) is 9.39 Å². The number of benzene rings is 2. The smallest absolute Gasteiger partial charge is 0.123 e. The highest BCUT2D eigenvalue weighted by Crippen LogP contribution is 2.21. The van der Waals surface area contributed by atoms with E-state index in [1.807, 2.05) is 30.3 Å². The molecule has 0 aliphatic carbocycles. The fraction of sp³-hybridized carbons (Fsp3) is 0.143. The summed E-state index contributed by atoms with van der Waals surface area (Å²) in [6, 6.07) is 14.5. The fourth-order valence-corrected chi connectivity index (χ4v) is 2.59. The van der Waals surface area contributed by atoms with Gasteiger partial charge < -0.3 is 5.73 Å². The topological polar surface area (TPSA) is 26.0 Å². The van der Waals surface area contributed by atoms with Gasteiger partial charge in [-0.25, -0.2) is 4.39 Å². The van der Waals surface area contributed by atoms with Crippen LogP contribution >= 0.6 is 22.6 Å². The van der Waals surface area contributed by atoms with Crippen LogP contribution in [-0.2, 0) is 6.42 Å². The molecule has 0 bridgehead atoms. The van der Waals surface area contributed by atoms with E-state index in [9.17, 15) is 4.39 Å². The van der Waals surface area contributed by atoms with Crippen molar-refractivity contribution in [3.8, 4) is 0 Å². The summed E-state index contributed by atoms with van der Waals surface area (Å²) in [7, 11) is 0. The van der Waals surface area contributed by atoms with Crippen LogP contribution in [0.5, 0.6) is 0 Å². The molecule has 0 aromatic heterocycles. The number of hydrogen-bond acceptors (Lipinski definition) is 1. The number of halogens is 2. The molecule has 2 rings (SSSR count). The normalized spacial score (nSPS) is 12.4. The molecule has 2 aromatic rings. The van der Waals surface area contributed by atoms with Crippen LogP contribution in [0.3, 0.4) is 0 Å². The average Bonchev–Trinajstić information content (AvgIpc) is 2.29. The molecule has 0 radical (unpaired) electrons. The first-order valence-electron chi connectivity index (χ1n) is 5.41. The van der Waals surface area contributed by atoms with Gasteiger partial charge in [-0.1, -0.05) is 30.3 Å². The summed E-state index contributed by atoms with van der Waals surface area (Å²) in [5.41, 5.74) is 8.19. The van der Waals surface area contributed by atoms with Crippen LogP contribution in [0.4, 0.5) is 4.39 Å². The lowest BCUT2D eigenvalue weighted by atomic mass is 10.00. The molecule has 0 saturated heterocycles. The number of nitrogens with two attached hydrogens (primary N) is 1. The van der Waals surface area contributed by atoms with Crippen LogP contribution in [-0.4, -0.2) is 0 Å². The van der Waals surface area contributed by atoms with Crippen LogP contribution in [0.15, 0.2) is 48.5 Å². The summed E-state index contributed by atoms with van der Waals surface area (Å²) in [5.74, 6) is -0.211. The highest BCUT2D eigenvalue weighted by molar-refractivity contribution is 14.1. The summed E-state index contributed by atoms with van der Waals surface area (Å²) in [6.07, 6.45) is 0.651. The predicted octanol–water partition coefficient (Wildman–Crippen LogP) is 3.67. The minimum atomic E-state index is -0.211. The van der Waals surface area contributed by atoms with Gasteiger partial charge in [-0.3, -0.25) is 0 Å². The molecular formula is C14H13FIN. The first kappa shape index (κ1) is 12.5. The van der Waals surface area contributed by atoms with E-state index in [1.165, 1.54) is 12.1 Å². The van der Waals surface area contributed by atoms with E-state index >= 15 is 0 Å². The molecule has 2 aromatic carbocycles. The molecule has 0 aliphatic heterocycles. The van der Waals surface area contributed by atoms with E-state index in [4.69, 9.17) is 5.73 Å². The second kappa shape index (κ2) is 5.60. The van der Waals surface area contributed by atoms with Crippen molar-refractivity contribution >= 4 is 22.6 Å². The van der Waals surface area contributed by atoms with Gasteiger partial charge in [-0.05, 0) is 58.3 Å². The SMILES string of the molecule is NC(Cc1cccc(F)c1)c1ccccc1I. The zero-order chi connectivity index (χ0) is 12.3. The maximum absolute atomic E-state index is 13.1. The van der Waals surface area contributed by atoms with Gasteiger partial charge in [0, 0.05) is 9.61 Å². The molecule has 0 fully saturated rings. The molecule has 3 heteroatoms. The van der Waals surface area contributed by atoms with E-state index in [-0.39, 0.29) is 11.9 Å². The first-order chi connectivity index (χ1) is 8.16. The Balaban J connectivity index is 2.17. The van der Waals surface area contributed by atoms with Crippen molar-refractivity contribution in [1.82, 2.24) is 0 Å². The van der Waals surface area contributed by atoms with Gasteiger partial charge in [0.05, 0.1) is 0 Å². The summed E-state index contributed by atoms with van der Waals surface area (Å²) < 4.78 is 14.2. The molecule has 0 heterocycles. The van der Waals surface area contributed by atoms with Gasteiger partial charge in [-0.2, -0.15) is 0 Å². The monoisotopic (exact) mass is 341 g/mol. The highest BCUT2D eigenvalue weighted by Gasteiger charge is 2.10. The Morgan fingerprint density at radius 2 is 1.88 bits per heavy atom. The maximum atomic E-state index is 13.1. The zero-order valence-corrected chi connectivity index (χ0v) is 11.4.